The monoisotopic (exact) mass is 250 g/mol. The number of carboxylic acids is 1. The summed E-state index contributed by atoms with van der Waals surface area (Å²) in [4.78, 5) is 21.3. The molecule has 0 aromatic heterocycles. The lowest BCUT2D eigenvalue weighted by Crippen LogP contribution is -2.02. The van der Waals surface area contributed by atoms with Gasteiger partial charge in [0.25, 0.3) is 0 Å². The Morgan fingerprint density at radius 1 is 1.33 bits per heavy atom. The largest absolute Gasteiger partial charge is 0.497 e. The molecule has 0 aliphatic heterocycles. The van der Waals surface area contributed by atoms with Crippen LogP contribution in [-0.2, 0) is 16.0 Å². The summed E-state index contributed by atoms with van der Waals surface area (Å²) in [6.45, 7) is 0. The molecule has 0 aliphatic carbocycles. The van der Waals surface area contributed by atoms with E-state index in [4.69, 9.17) is 14.6 Å². The molecule has 0 saturated heterocycles. The second kappa shape index (κ2) is 6.47. The molecule has 18 heavy (non-hydrogen) atoms. The number of benzene rings is 1. The van der Waals surface area contributed by atoms with Gasteiger partial charge in [-0.05, 0) is 18.2 Å². The van der Waals surface area contributed by atoms with Gasteiger partial charge in [-0.2, -0.15) is 0 Å². The topological polar surface area (TPSA) is 72.8 Å². The van der Waals surface area contributed by atoms with Gasteiger partial charge in [0.15, 0.2) is 0 Å². The molecule has 1 aromatic carbocycles. The molecule has 0 unspecified atom stereocenters. The second-order valence-corrected chi connectivity index (χ2v) is 3.63. The SMILES string of the molecule is COc1ccc(OC)c(CC(=C=O)CC(=O)O)c1. The second-order valence-electron chi connectivity index (χ2n) is 3.63. The molecule has 1 N–H and O–H groups in total. The van der Waals surface area contributed by atoms with Crippen LogP contribution in [-0.4, -0.2) is 31.2 Å². The molecule has 0 spiro atoms. The number of hydrogen-bond acceptors (Lipinski definition) is 4. The highest BCUT2D eigenvalue weighted by atomic mass is 16.5. The third-order valence-electron chi connectivity index (χ3n) is 2.40. The van der Waals surface area contributed by atoms with Crippen LogP contribution in [0.1, 0.15) is 12.0 Å². The van der Waals surface area contributed by atoms with Crippen molar-refractivity contribution in [1.29, 1.82) is 0 Å². The fourth-order valence-corrected chi connectivity index (χ4v) is 1.57. The Kier molecular flexibility index (Phi) is 4.96. The van der Waals surface area contributed by atoms with Crippen LogP contribution < -0.4 is 9.47 Å². The summed E-state index contributed by atoms with van der Waals surface area (Å²) in [6, 6.07) is 5.14. The van der Waals surface area contributed by atoms with E-state index in [-0.39, 0.29) is 18.4 Å². The lowest BCUT2D eigenvalue weighted by Gasteiger charge is -2.10. The van der Waals surface area contributed by atoms with E-state index in [0.717, 1.165) is 0 Å². The number of methoxy groups -OCH3 is 2. The van der Waals surface area contributed by atoms with Gasteiger partial charge in [0.2, 0.25) is 0 Å². The van der Waals surface area contributed by atoms with Crippen molar-refractivity contribution in [1.82, 2.24) is 0 Å². The summed E-state index contributed by atoms with van der Waals surface area (Å²) in [6.07, 6.45) is -0.153. The first kappa shape index (κ1) is 13.8. The third kappa shape index (κ3) is 3.64. The predicted molar refractivity (Wildman–Crippen MR) is 64.7 cm³/mol. The summed E-state index contributed by atoms with van der Waals surface area (Å²) >= 11 is 0. The minimum absolute atomic E-state index is 0.161. The molecule has 0 saturated carbocycles. The molecular formula is C13H14O5. The standard InChI is InChI=1S/C13H14O5/c1-17-11-3-4-12(18-2)10(7-11)5-9(8-14)6-13(15)16/h3-4,7H,5-6H2,1-2H3,(H,15,16). The van der Waals surface area contributed by atoms with Crippen molar-refractivity contribution in [3.8, 4) is 11.5 Å². The molecule has 1 rings (SSSR count). The van der Waals surface area contributed by atoms with Crippen molar-refractivity contribution < 1.29 is 24.2 Å². The van der Waals surface area contributed by atoms with E-state index in [2.05, 4.69) is 0 Å². The van der Waals surface area contributed by atoms with Crippen molar-refractivity contribution in [2.45, 2.75) is 12.8 Å². The van der Waals surface area contributed by atoms with Crippen molar-refractivity contribution in [3.63, 3.8) is 0 Å². The normalized spacial score (nSPS) is 9.44. The molecule has 0 heterocycles. The number of carboxylic acid groups (broad SMARTS) is 1. The van der Waals surface area contributed by atoms with Crippen molar-refractivity contribution in [2.24, 2.45) is 0 Å². The van der Waals surface area contributed by atoms with Gasteiger partial charge in [-0.15, -0.1) is 0 Å². The lowest BCUT2D eigenvalue weighted by molar-refractivity contribution is -0.136. The van der Waals surface area contributed by atoms with Crippen LogP contribution >= 0.6 is 0 Å². The van der Waals surface area contributed by atoms with Crippen LogP contribution in [0.15, 0.2) is 23.8 Å². The van der Waals surface area contributed by atoms with Crippen LogP contribution in [0.25, 0.3) is 0 Å². The first-order chi connectivity index (χ1) is 8.60. The van der Waals surface area contributed by atoms with Gasteiger partial charge >= 0.3 is 5.97 Å². The van der Waals surface area contributed by atoms with Crippen LogP contribution in [0.2, 0.25) is 0 Å². The van der Waals surface area contributed by atoms with E-state index in [1.807, 2.05) is 0 Å². The van der Waals surface area contributed by atoms with E-state index >= 15 is 0 Å². The first-order valence-corrected chi connectivity index (χ1v) is 5.26. The summed E-state index contributed by atoms with van der Waals surface area (Å²) < 4.78 is 10.2. The molecule has 5 nitrogen and oxygen atoms in total. The molecule has 0 fully saturated rings. The lowest BCUT2D eigenvalue weighted by atomic mass is 10.0. The van der Waals surface area contributed by atoms with E-state index < -0.39 is 5.97 Å². The van der Waals surface area contributed by atoms with Crippen LogP contribution in [0.4, 0.5) is 0 Å². The number of carbonyl (C=O) groups excluding carboxylic acids is 1. The van der Waals surface area contributed by atoms with Crippen molar-refractivity contribution in [3.05, 3.63) is 29.3 Å². The maximum Gasteiger partial charge on any atom is 0.308 e. The maximum atomic E-state index is 10.7. The number of rotatable bonds is 6. The zero-order valence-electron chi connectivity index (χ0n) is 10.2. The van der Waals surface area contributed by atoms with Crippen LogP contribution in [0.5, 0.6) is 11.5 Å². The minimum Gasteiger partial charge on any atom is -0.497 e. The molecule has 5 heteroatoms. The van der Waals surface area contributed by atoms with E-state index in [1.54, 1.807) is 24.1 Å². The number of carbonyl (C=O) groups is 1. The number of ether oxygens (including phenoxy) is 2. The van der Waals surface area contributed by atoms with E-state index in [9.17, 15) is 9.59 Å². The summed E-state index contributed by atoms with van der Waals surface area (Å²) in [5.74, 6) is 1.79. The Morgan fingerprint density at radius 2 is 2.06 bits per heavy atom. The zero-order valence-corrected chi connectivity index (χ0v) is 10.2. The fraction of sp³-hybridized carbons (Fsp3) is 0.308. The molecule has 1 aromatic rings. The summed E-state index contributed by atoms with van der Waals surface area (Å²) in [5, 5.41) is 8.66. The molecule has 0 radical (unpaired) electrons. The maximum absolute atomic E-state index is 10.7. The highest BCUT2D eigenvalue weighted by Crippen LogP contribution is 2.26. The fourth-order valence-electron chi connectivity index (χ4n) is 1.57. The Balaban J connectivity index is 3.00. The van der Waals surface area contributed by atoms with Gasteiger partial charge in [-0.3, -0.25) is 4.79 Å². The van der Waals surface area contributed by atoms with Gasteiger partial charge in [-0.25, -0.2) is 4.79 Å². The van der Waals surface area contributed by atoms with Crippen LogP contribution in [0, 0.1) is 0 Å². The smallest absolute Gasteiger partial charge is 0.308 e. The minimum atomic E-state index is -1.06. The van der Waals surface area contributed by atoms with Crippen LogP contribution in [0.3, 0.4) is 0 Å². The van der Waals surface area contributed by atoms with Crippen molar-refractivity contribution in [2.75, 3.05) is 14.2 Å². The highest BCUT2D eigenvalue weighted by molar-refractivity contribution is 5.74. The Hall–Kier alpha value is -2.26. The Morgan fingerprint density at radius 3 is 2.56 bits per heavy atom. The summed E-state index contributed by atoms with van der Waals surface area (Å²) in [5.41, 5.74) is 0.852. The molecule has 0 aliphatic rings. The van der Waals surface area contributed by atoms with E-state index in [1.165, 1.54) is 14.2 Å². The average Bonchev–Trinajstić information content (AvgIpc) is 2.37. The molecule has 0 atom stereocenters. The first-order valence-electron chi connectivity index (χ1n) is 5.26. The molecule has 0 amide bonds. The average molecular weight is 250 g/mol. The van der Waals surface area contributed by atoms with Gasteiger partial charge in [-0.1, -0.05) is 0 Å². The molecule has 0 bridgehead atoms. The van der Waals surface area contributed by atoms with Gasteiger partial charge in [0, 0.05) is 17.6 Å². The van der Waals surface area contributed by atoms with Gasteiger partial charge in [0.1, 0.15) is 17.4 Å². The predicted octanol–water partition coefficient (Wildman–Crippen LogP) is 1.48. The molecule has 96 valence electrons. The number of hydrogen-bond donors (Lipinski definition) is 1. The zero-order chi connectivity index (χ0) is 13.5. The highest BCUT2D eigenvalue weighted by Gasteiger charge is 2.11. The molecular weight excluding hydrogens is 236 g/mol. The summed E-state index contributed by atoms with van der Waals surface area (Å²) in [7, 11) is 3.03. The Labute approximate surface area is 105 Å². The quantitative estimate of drug-likeness (QED) is 0.774. The van der Waals surface area contributed by atoms with Gasteiger partial charge < -0.3 is 14.6 Å². The van der Waals surface area contributed by atoms with E-state index in [0.29, 0.717) is 17.1 Å². The Bertz CT molecular complexity index is 486. The third-order valence-corrected chi connectivity index (χ3v) is 2.40. The number of aliphatic carboxylic acids is 1. The van der Waals surface area contributed by atoms with Crippen molar-refractivity contribution >= 4 is 11.9 Å². The van der Waals surface area contributed by atoms with Gasteiger partial charge in [0.05, 0.1) is 20.6 Å².